The number of benzene rings is 1. The maximum atomic E-state index is 2.35. The lowest BCUT2D eigenvalue weighted by atomic mass is 9.86. The highest BCUT2D eigenvalue weighted by Crippen LogP contribution is 2.27. The van der Waals surface area contributed by atoms with Crippen LogP contribution in [0.4, 0.5) is 0 Å². The van der Waals surface area contributed by atoms with Crippen molar-refractivity contribution in [3.63, 3.8) is 0 Å². The minimum Gasteiger partial charge on any atom is -0.201 e. The molecule has 0 unspecified atom stereocenters. The van der Waals surface area contributed by atoms with Crippen molar-refractivity contribution in [3.8, 4) is 11.3 Å². The van der Waals surface area contributed by atoms with Gasteiger partial charge in [0.15, 0.2) is 6.20 Å². The molecule has 130 valence electrons. The van der Waals surface area contributed by atoms with Gasteiger partial charge in [-0.3, -0.25) is 0 Å². The third-order valence-electron chi connectivity index (χ3n) is 4.23. The molecule has 1 aromatic heterocycles. The van der Waals surface area contributed by atoms with Crippen molar-refractivity contribution in [2.24, 2.45) is 17.9 Å². The predicted octanol–water partition coefficient (Wildman–Crippen LogP) is 5.66. The molecule has 0 bridgehead atoms. The monoisotopic (exact) mass is 324 g/mol. The summed E-state index contributed by atoms with van der Waals surface area (Å²) in [5, 5.41) is 0. The molecule has 1 heteroatoms. The van der Waals surface area contributed by atoms with Crippen LogP contribution in [0.3, 0.4) is 0 Å². The number of aromatic nitrogens is 1. The van der Waals surface area contributed by atoms with Gasteiger partial charge in [0, 0.05) is 17.2 Å². The molecule has 24 heavy (non-hydrogen) atoms. The largest absolute Gasteiger partial charge is 0.212 e. The lowest BCUT2D eigenvalue weighted by Crippen LogP contribution is -2.32. The molecule has 0 amide bonds. The molecule has 0 fully saturated rings. The average molecular weight is 325 g/mol. The number of aryl methyl sites for hydroxylation is 2. The van der Waals surface area contributed by atoms with Crippen LogP contribution in [-0.4, -0.2) is 0 Å². The molecular weight excluding hydrogens is 290 g/mol. The Bertz CT molecular complexity index is 648. The van der Waals surface area contributed by atoms with Crippen LogP contribution in [0, 0.1) is 17.8 Å². The summed E-state index contributed by atoms with van der Waals surface area (Å²) in [7, 11) is 2.16. The molecular formula is C23H34N+. The highest BCUT2D eigenvalue weighted by atomic mass is 14.9. The third-order valence-corrected chi connectivity index (χ3v) is 4.23. The highest BCUT2D eigenvalue weighted by molar-refractivity contribution is 5.61. The molecule has 0 atom stereocenters. The Labute approximate surface area is 148 Å². The van der Waals surface area contributed by atoms with Gasteiger partial charge in [-0.05, 0) is 53.9 Å². The molecule has 2 rings (SSSR count). The summed E-state index contributed by atoms with van der Waals surface area (Å²) in [5.41, 5.74) is 7.44. The number of rotatable bonds is 3. The van der Waals surface area contributed by atoms with Gasteiger partial charge in [0.05, 0.1) is 0 Å². The van der Waals surface area contributed by atoms with Crippen molar-refractivity contribution in [2.45, 2.75) is 61.3 Å². The highest BCUT2D eigenvalue weighted by Gasteiger charge is 2.18. The van der Waals surface area contributed by atoms with Gasteiger partial charge in [-0.25, -0.2) is 4.57 Å². The van der Waals surface area contributed by atoms with Crippen LogP contribution < -0.4 is 4.57 Å². The normalized spacial score (nSPS) is 12.5. The van der Waals surface area contributed by atoms with E-state index < -0.39 is 0 Å². The van der Waals surface area contributed by atoms with Crippen LogP contribution in [0.2, 0.25) is 0 Å². The summed E-state index contributed by atoms with van der Waals surface area (Å²) in [6, 6.07) is 11.5. The van der Waals surface area contributed by atoms with Gasteiger partial charge in [0.1, 0.15) is 7.05 Å². The Morgan fingerprint density at radius 1 is 0.792 bits per heavy atom. The molecule has 0 aliphatic carbocycles. The van der Waals surface area contributed by atoms with Crippen molar-refractivity contribution in [1.82, 2.24) is 0 Å². The Morgan fingerprint density at radius 3 is 1.83 bits per heavy atom. The molecule has 0 aliphatic rings. The van der Waals surface area contributed by atoms with Gasteiger partial charge in [-0.15, -0.1) is 0 Å². The maximum absolute atomic E-state index is 2.35. The van der Waals surface area contributed by atoms with Gasteiger partial charge < -0.3 is 0 Å². The van der Waals surface area contributed by atoms with Gasteiger partial charge in [0.2, 0.25) is 5.69 Å². The fourth-order valence-corrected chi connectivity index (χ4v) is 3.40. The molecule has 1 heterocycles. The Morgan fingerprint density at radius 2 is 1.33 bits per heavy atom. The molecule has 0 aliphatic heterocycles. The maximum Gasteiger partial charge on any atom is 0.212 e. The predicted molar refractivity (Wildman–Crippen MR) is 104 cm³/mol. The molecule has 0 spiro atoms. The molecule has 0 saturated carbocycles. The molecule has 0 radical (unpaired) electrons. The minimum absolute atomic E-state index is 0.318. The van der Waals surface area contributed by atoms with Crippen molar-refractivity contribution < 1.29 is 4.57 Å². The smallest absolute Gasteiger partial charge is 0.201 e. The Hall–Kier alpha value is -1.63. The number of hydrogen-bond donors (Lipinski definition) is 0. The second kappa shape index (κ2) is 6.70. The summed E-state index contributed by atoms with van der Waals surface area (Å²) >= 11 is 0. The summed E-state index contributed by atoms with van der Waals surface area (Å²) in [6.45, 7) is 16.0. The van der Waals surface area contributed by atoms with Crippen LogP contribution in [0.1, 0.15) is 58.2 Å². The lowest BCUT2D eigenvalue weighted by molar-refractivity contribution is -0.660. The van der Waals surface area contributed by atoms with Crippen molar-refractivity contribution in [2.75, 3.05) is 0 Å². The van der Waals surface area contributed by atoms with Crippen LogP contribution in [-0.2, 0) is 19.9 Å². The summed E-state index contributed by atoms with van der Waals surface area (Å²) in [4.78, 5) is 0. The van der Waals surface area contributed by atoms with E-state index in [0.29, 0.717) is 10.8 Å². The second-order valence-corrected chi connectivity index (χ2v) is 9.66. The molecule has 2 aromatic rings. The Balaban J connectivity index is 2.32. The first-order valence-corrected chi connectivity index (χ1v) is 9.03. The standard InChI is InChI=1S/C23H34N/c1-17-13-18(14-22(2,3)4)9-11-20(17)21-12-10-19(16-24(21)8)15-23(5,6)7/h9-13,16H,14-15H2,1-8H3/q+1. The third kappa shape index (κ3) is 5.19. The summed E-state index contributed by atoms with van der Waals surface area (Å²) < 4.78 is 2.27. The lowest BCUT2D eigenvalue weighted by Gasteiger charge is -2.19. The number of nitrogens with zero attached hydrogens (tertiary/aromatic N) is 1. The van der Waals surface area contributed by atoms with E-state index in [0.717, 1.165) is 12.8 Å². The zero-order valence-corrected chi connectivity index (χ0v) is 16.8. The van der Waals surface area contributed by atoms with Crippen LogP contribution in [0.25, 0.3) is 11.3 Å². The quantitative estimate of drug-likeness (QED) is 0.641. The topological polar surface area (TPSA) is 3.88 Å². The fraction of sp³-hybridized carbons (Fsp3) is 0.522. The van der Waals surface area contributed by atoms with E-state index >= 15 is 0 Å². The molecule has 0 N–H and O–H groups in total. The van der Waals surface area contributed by atoms with E-state index in [1.54, 1.807) is 0 Å². The van der Waals surface area contributed by atoms with Crippen molar-refractivity contribution >= 4 is 0 Å². The summed E-state index contributed by atoms with van der Waals surface area (Å²) in [6.07, 6.45) is 4.50. The second-order valence-electron chi connectivity index (χ2n) is 9.66. The van der Waals surface area contributed by atoms with E-state index in [1.165, 1.54) is 27.9 Å². The van der Waals surface area contributed by atoms with Crippen LogP contribution in [0.15, 0.2) is 36.5 Å². The molecule has 0 saturated heterocycles. The van der Waals surface area contributed by atoms with E-state index in [2.05, 4.69) is 96.6 Å². The zero-order chi connectivity index (χ0) is 18.1. The van der Waals surface area contributed by atoms with Gasteiger partial charge >= 0.3 is 0 Å². The Kier molecular flexibility index (Phi) is 5.22. The van der Waals surface area contributed by atoms with E-state index in [4.69, 9.17) is 0 Å². The van der Waals surface area contributed by atoms with Gasteiger partial charge in [0.25, 0.3) is 0 Å². The van der Waals surface area contributed by atoms with Gasteiger partial charge in [-0.1, -0.05) is 53.7 Å². The van der Waals surface area contributed by atoms with Crippen molar-refractivity contribution in [1.29, 1.82) is 0 Å². The first-order valence-electron chi connectivity index (χ1n) is 9.03. The molecule has 1 aromatic carbocycles. The first kappa shape index (κ1) is 18.7. The molecule has 1 nitrogen and oxygen atoms in total. The zero-order valence-electron chi connectivity index (χ0n) is 16.8. The minimum atomic E-state index is 0.318. The summed E-state index contributed by atoms with van der Waals surface area (Å²) in [5.74, 6) is 0. The van der Waals surface area contributed by atoms with E-state index in [9.17, 15) is 0 Å². The van der Waals surface area contributed by atoms with Crippen molar-refractivity contribution in [3.05, 3.63) is 53.2 Å². The first-order chi connectivity index (χ1) is 10.9. The number of hydrogen-bond acceptors (Lipinski definition) is 0. The van der Waals surface area contributed by atoms with E-state index in [-0.39, 0.29) is 0 Å². The van der Waals surface area contributed by atoms with Crippen LogP contribution >= 0.6 is 0 Å². The number of pyridine rings is 1. The van der Waals surface area contributed by atoms with Gasteiger partial charge in [-0.2, -0.15) is 0 Å². The SMILES string of the molecule is Cc1cc(CC(C)(C)C)ccc1-c1ccc(CC(C)(C)C)c[n+]1C. The average Bonchev–Trinajstić information content (AvgIpc) is 2.36. The fourth-order valence-electron chi connectivity index (χ4n) is 3.40. The van der Waals surface area contributed by atoms with E-state index in [1.807, 2.05) is 0 Å². The van der Waals surface area contributed by atoms with Crippen LogP contribution in [0.5, 0.6) is 0 Å².